The summed E-state index contributed by atoms with van der Waals surface area (Å²) in [5, 5.41) is 23.7. The second-order valence-electron chi connectivity index (χ2n) is 29.2. The monoisotopic (exact) mass is 1420 g/mol. The first-order chi connectivity index (χ1) is 44.5. The Morgan fingerprint density at radius 2 is 0.820 bits per heavy atom. The zero-order valence-corrected chi connectivity index (χ0v) is 62.4. The number of H-pyrrole nitrogens is 3. The lowest BCUT2D eigenvalue weighted by molar-refractivity contribution is -0.120. The molecule has 0 saturated carbocycles. The SMILES string of the molecule is C.C=C1NC(=O)C(Cl)=CN1C(C)(C)C.C=C1NC(=O)C(F)=CN1C(C)(C)C.C=C1NC(=O)C=C(C)N1C(C)(C)C.C=C1NC(=O)C=C(C)N1C(C)(C)C.C=C1NC(=O)C=CN1C(C)(C)C.CC(C)(C)n1ncc(=O)[nH]c1=O.Cc1nn(C(C)(C)C)c(=O)[nH]c1=O.Cn1nc(F)c(=O)[nH]c1=O. The summed E-state index contributed by atoms with van der Waals surface area (Å²) in [6, 6.07) is 0. The van der Waals surface area contributed by atoms with E-state index >= 15 is 0 Å². The molecule has 33 heteroatoms. The van der Waals surface area contributed by atoms with E-state index in [-0.39, 0.29) is 63.8 Å². The Morgan fingerprint density at radius 3 is 1.19 bits per heavy atom. The van der Waals surface area contributed by atoms with Crippen LogP contribution in [0.4, 0.5) is 8.78 Å². The first kappa shape index (κ1) is 89.7. The molecule has 30 nitrogen and oxygen atoms in total. The maximum absolute atomic E-state index is 12.9. The van der Waals surface area contributed by atoms with Crippen molar-refractivity contribution in [1.82, 2.24) is 95.4 Å². The molecule has 0 fully saturated rings. The number of amides is 5. The van der Waals surface area contributed by atoms with Gasteiger partial charge in [0, 0.05) is 83.0 Å². The van der Waals surface area contributed by atoms with E-state index in [0.717, 1.165) is 17.6 Å². The van der Waals surface area contributed by atoms with Crippen molar-refractivity contribution in [3.8, 4) is 0 Å². The number of aromatic nitrogens is 9. The molecule has 0 saturated heterocycles. The third-order valence-electron chi connectivity index (χ3n) is 12.8. The highest BCUT2D eigenvalue weighted by Crippen LogP contribution is 2.28. The summed E-state index contributed by atoms with van der Waals surface area (Å²) in [7, 11) is 1.24. The predicted molar refractivity (Wildman–Crippen MR) is 384 cm³/mol. The Bertz CT molecular complexity index is 3980. The number of carbonyl (C=O) groups excluding carboxylic acids is 5. The minimum absolute atomic E-state index is 0. The number of allylic oxidation sites excluding steroid dienone is 2. The van der Waals surface area contributed by atoms with Crippen LogP contribution in [0, 0.1) is 12.9 Å². The molecule has 0 atom stereocenters. The van der Waals surface area contributed by atoms with Gasteiger partial charge in [-0.25, -0.2) is 28.4 Å². The summed E-state index contributed by atoms with van der Waals surface area (Å²) in [6.45, 7) is 65.5. The quantitative estimate of drug-likeness (QED) is 0.118. The number of hydrogen-bond acceptors (Lipinski definition) is 19. The van der Waals surface area contributed by atoms with E-state index in [1.54, 1.807) is 41.4 Å². The number of aromatic amines is 3. The molecule has 100 heavy (non-hydrogen) atoms. The van der Waals surface area contributed by atoms with Crippen LogP contribution in [0.1, 0.15) is 172 Å². The van der Waals surface area contributed by atoms with E-state index < -0.39 is 62.5 Å². The molecule has 5 aliphatic heterocycles. The number of carbonyl (C=O) groups is 5. The van der Waals surface area contributed by atoms with Crippen LogP contribution in [-0.2, 0) is 42.1 Å². The van der Waals surface area contributed by atoms with E-state index in [4.69, 9.17) is 11.6 Å². The molecule has 8 heterocycles. The van der Waals surface area contributed by atoms with Crippen LogP contribution in [0.3, 0.4) is 0 Å². The van der Waals surface area contributed by atoms with E-state index in [1.165, 1.54) is 28.7 Å². The zero-order chi connectivity index (χ0) is 77.5. The van der Waals surface area contributed by atoms with Crippen LogP contribution < -0.4 is 60.3 Å². The average Bonchev–Trinajstić information content (AvgIpc) is 0.833. The fourth-order valence-electron chi connectivity index (χ4n) is 8.79. The minimum Gasteiger partial charge on any atom is -0.330 e. The molecule has 8 rings (SSSR count). The first-order valence-electron chi connectivity index (χ1n) is 30.6. The Morgan fingerprint density at radius 1 is 0.440 bits per heavy atom. The van der Waals surface area contributed by atoms with Crippen LogP contribution >= 0.6 is 11.6 Å². The van der Waals surface area contributed by atoms with Crippen LogP contribution in [-0.4, -0.2) is 126 Å². The number of nitrogens with zero attached hydrogens (tertiary/aromatic N) is 11. The standard InChI is InChI=1S/2C10H16N2O.C9H13ClN2O.C9H13FN2O.C9H14N2O.C8H13N3O2.C7H11N3O2.C4H4FN3O2.CH4/c2*1-7-6-9(13)11-8(2)12(7)10(3,4)5;2*1-6-11-8(13)7(10)5-12(6)9(2,3)4;1-7-10-8(12)5-6-11(7)9(2,3)4;1-5-6(12)9-7(13)11(10-5)8(2,3)4;1-7(2,3)10-6(12)9-5(11)4-8-10;1-8-4(10)6-3(9)2(5)7-8;/h2*6H,2H2,1,3-5H3,(H,11,13);2*5H,1H2,2-4H3,(H,11,13);5-6H,1H2,2-4H3,(H,10,12);1-4H3,(H,9,12,13);4H,1-3H3,(H,9,11,12);1H3,(H,6,9,10);1H4. The van der Waals surface area contributed by atoms with Crippen molar-refractivity contribution >= 4 is 41.1 Å². The molecular formula is C67H104ClF2N19O11. The molecule has 0 spiro atoms. The second-order valence-corrected chi connectivity index (χ2v) is 29.6. The summed E-state index contributed by atoms with van der Waals surface area (Å²) in [6.07, 6.45) is 10.3. The van der Waals surface area contributed by atoms with Crippen LogP contribution in [0.2, 0.25) is 0 Å². The van der Waals surface area contributed by atoms with Gasteiger partial charge in [-0.2, -0.15) is 19.0 Å². The van der Waals surface area contributed by atoms with Gasteiger partial charge in [0.15, 0.2) is 0 Å². The highest BCUT2D eigenvalue weighted by molar-refractivity contribution is 6.42. The fraction of sp³-hybridized carbons (Fsp3) is 0.493. The lowest BCUT2D eigenvalue weighted by Crippen LogP contribution is -2.47. The maximum Gasteiger partial charge on any atom is 0.345 e. The molecule has 5 amide bonds. The van der Waals surface area contributed by atoms with Gasteiger partial charge >= 0.3 is 22.6 Å². The van der Waals surface area contributed by atoms with Gasteiger partial charge in [0.1, 0.15) is 46.0 Å². The van der Waals surface area contributed by atoms with E-state index in [2.05, 4.69) is 147 Å². The number of halogens is 3. The molecule has 0 unspecified atom stereocenters. The van der Waals surface area contributed by atoms with Gasteiger partial charge in [-0.05, 0) is 166 Å². The topological polar surface area (TPSA) is 365 Å². The summed E-state index contributed by atoms with van der Waals surface area (Å²) >= 11 is 5.70. The predicted octanol–water partition coefficient (Wildman–Crippen LogP) is 6.58. The zero-order valence-electron chi connectivity index (χ0n) is 61.6. The van der Waals surface area contributed by atoms with E-state index in [1.807, 2.05) is 117 Å². The van der Waals surface area contributed by atoms with Gasteiger partial charge in [0.25, 0.3) is 46.6 Å². The highest BCUT2D eigenvalue weighted by Gasteiger charge is 2.32. The number of rotatable bonds is 0. The minimum atomic E-state index is -1.21. The van der Waals surface area contributed by atoms with Crippen molar-refractivity contribution in [2.24, 2.45) is 7.05 Å². The molecule has 3 aromatic heterocycles. The Kier molecular flexibility index (Phi) is 31.4. The van der Waals surface area contributed by atoms with Crippen molar-refractivity contribution in [3.05, 3.63) is 201 Å². The van der Waals surface area contributed by atoms with Gasteiger partial charge in [0.05, 0.1) is 11.1 Å². The van der Waals surface area contributed by atoms with Gasteiger partial charge in [-0.15, -0.1) is 5.10 Å². The normalized spacial score (nSPS) is 15.7. The molecule has 554 valence electrons. The Hall–Kier alpha value is -10.3. The second kappa shape index (κ2) is 35.0. The lowest BCUT2D eigenvalue weighted by atomic mass is 10.0. The van der Waals surface area contributed by atoms with Crippen molar-refractivity contribution in [2.45, 2.75) is 212 Å². The third kappa shape index (κ3) is 27.9. The molecule has 3 aromatic rings. The summed E-state index contributed by atoms with van der Waals surface area (Å²) in [5.41, 5.74) is -2.88. The number of aryl methyl sites for hydroxylation is 2. The van der Waals surface area contributed by atoms with Gasteiger partial charge < -0.3 is 51.1 Å². The van der Waals surface area contributed by atoms with Gasteiger partial charge in [0.2, 0.25) is 5.83 Å². The lowest BCUT2D eigenvalue weighted by Gasteiger charge is -2.41. The molecule has 0 aliphatic carbocycles. The van der Waals surface area contributed by atoms with Crippen molar-refractivity contribution in [1.29, 1.82) is 0 Å². The smallest absolute Gasteiger partial charge is 0.330 e. The number of hydrogen-bond donors (Lipinski definition) is 8. The summed E-state index contributed by atoms with van der Waals surface area (Å²) in [5.74, 6) is -0.431. The Labute approximate surface area is 587 Å². The molecule has 0 radical (unpaired) electrons. The summed E-state index contributed by atoms with van der Waals surface area (Å²) in [4.78, 5) is 135. The third-order valence-corrected chi connectivity index (χ3v) is 13.1. The van der Waals surface area contributed by atoms with Crippen LogP contribution in [0.25, 0.3) is 0 Å². The van der Waals surface area contributed by atoms with Crippen LogP contribution in [0.15, 0.2) is 156 Å². The van der Waals surface area contributed by atoms with E-state index in [9.17, 15) is 61.5 Å². The molecule has 0 aromatic carbocycles. The van der Waals surface area contributed by atoms with Gasteiger partial charge in [-0.3, -0.25) is 53.3 Å². The maximum atomic E-state index is 12.9. The highest BCUT2D eigenvalue weighted by atomic mass is 35.5. The van der Waals surface area contributed by atoms with E-state index in [0.29, 0.717) is 39.5 Å². The molecule has 5 aliphatic rings. The fourth-order valence-corrected chi connectivity index (χ4v) is 8.94. The van der Waals surface area contributed by atoms with Crippen molar-refractivity contribution < 1.29 is 32.8 Å². The molecule has 0 bridgehead atoms. The summed E-state index contributed by atoms with van der Waals surface area (Å²) < 4.78 is 28.2. The van der Waals surface area contributed by atoms with Gasteiger partial charge in [-0.1, -0.05) is 51.9 Å². The molecular weight excluding hydrogens is 1320 g/mol. The van der Waals surface area contributed by atoms with Crippen LogP contribution in [0.5, 0.6) is 0 Å². The Balaban J connectivity index is 0.00000112. The van der Waals surface area contributed by atoms with Crippen molar-refractivity contribution in [2.75, 3.05) is 0 Å². The first-order valence-corrected chi connectivity index (χ1v) is 30.9. The molecule has 8 N–H and O–H groups in total. The largest absolute Gasteiger partial charge is 0.345 e. The van der Waals surface area contributed by atoms with Crippen molar-refractivity contribution in [3.63, 3.8) is 0 Å². The average molecular weight is 1430 g/mol. The number of nitrogens with one attached hydrogen (secondary N) is 8.